The molecule has 0 radical (unpaired) electrons. The first kappa shape index (κ1) is 9.15. The van der Waals surface area contributed by atoms with Crippen molar-refractivity contribution in [2.24, 2.45) is 0 Å². The van der Waals surface area contributed by atoms with Crippen LogP contribution in [0.4, 0.5) is 4.39 Å². The van der Waals surface area contributed by atoms with Crippen molar-refractivity contribution in [3.8, 4) is 0 Å². The minimum absolute atomic E-state index is 0.380. The lowest BCUT2D eigenvalue weighted by molar-refractivity contribution is 0.669. The maximum absolute atomic E-state index is 12.2. The van der Waals surface area contributed by atoms with Crippen LogP contribution in [0.5, 0.6) is 0 Å². The van der Waals surface area contributed by atoms with Crippen molar-refractivity contribution in [3.05, 3.63) is 36.2 Å². The van der Waals surface area contributed by atoms with Crippen molar-refractivity contribution in [2.45, 2.75) is 20.3 Å². The smallest absolute Gasteiger partial charge is 0.116 e. The summed E-state index contributed by atoms with van der Waals surface area (Å²) in [5.74, 6) is -0.380. The highest BCUT2D eigenvalue weighted by molar-refractivity contribution is 5.24. The van der Waals surface area contributed by atoms with Gasteiger partial charge in [0.25, 0.3) is 0 Å². The van der Waals surface area contributed by atoms with Crippen LogP contribution < -0.4 is 0 Å². The monoisotopic (exact) mass is 140 g/mol. The normalized spacial score (nSPS) is 12.5. The topological polar surface area (TPSA) is 0 Å². The Morgan fingerprint density at radius 3 is 2.50 bits per heavy atom. The molecule has 0 saturated heterocycles. The highest BCUT2D eigenvalue weighted by atomic mass is 19.1. The van der Waals surface area contributed by atoms with Crippen LogP contribution in [0.25, 0.3) is 0 Å². The zero-order chi connectivity index (χ0) is 7.98. The first-order chi connectivity index (χ1) is 4.70. The second-order valence-corrected chi connectivity index (χ2v) is 2.02. The van der Waals surface area contributed by atoms with Gasteiger partial charge in [0.2, 0.25) is 0 Å². The summed E-state index contributed by atoms with van der Waals surface area (Å²) >= 11 is 0. The van der Waals surface area contributed by atoms with Gasteiger partial charge in [-0.1, -0.05) is 25.7 Å². The fraction of sp³-hybridized carbons (Fsp3) is 0.333. The molecule has 0 N–H and O–H groups in total. The van der Waals surface area contributed by atoms with Crippen molar-refractivity contribution in [3.63, 3.8) is 0 Å². The van der Waals surface area contributed by atoms with Gasteiger partial charge in [0.05, 0.1) is 0 Å². The van der Waals surface area contributed by atoms with Gasteiger partial charge >= 0.3 is 0 Å². The van der Waals surface area contributed by atoms with E-state index in [4.69, 9.17) is 0 Å². The SMILES string of the molecule is C=C(F)C=C(C=CC)CC. The predicted octanol–water partition coefficient (Wildman–Crippen LogP) is 3.38. The third-order valence-corrected chi connectivity index (χ3v) is 1.13. The average molecular weight is 140 g/mol. The molecule has 1 heteroatoms. The van der Waals surface area contributed by atoms with Crippen molar-refractivity contribution >= 4 is 0 Å². The molecule has 0 spiro atoms. The summed E-state index contributed by atoms with van der Waals surface area (Å²) in [6.07, 6.45) is 6.05. The molecule has 0 heterocycles. The molecule has 0 amide bonds. The fourth-order valence-electron chi connectivity index (χ4n) is 0.683. The second kappa shape index (κ2) is 4.98. The van der Waals surface area contributed by atoms with Gasteiger partial charge < -0.3 is 0 Å². The Kier molecular flexibility index (Phi) is 4.55. The molecule has 0 aliphatic carbocycles. The van der Waals surface area contributed by atoms with Gasteiger partial charge in [-0.05, 0) is 25.0 Å². The molecule has 0 aromatic heterocycles. The molecule has 0 nitrogen and oxygen atoms in total. The molecular formula is C9H13F. The van der Waals surface area contributed by atoms with Gasteiger partial charge in [-0.3, -0.25) is 0 Å². The Balaban J connectivity index is 4.18. The van der Waals surface area contributed by atoms with E-state index in [1.807, 2.05) is 26.0 Å². The van der Waals surface area contributed by atoms with Gasteiger partial charge in [0.15, 0.2) is 0 Å². The predicted molar refractivity (Wildman–Crippen MR) is 43.4 cm³/mol. The van der Waals surface area contributed by atoms with E-state index < -0.39 is 0 Å². The van der Waals surface area contributed by atoms with Crippen molar-refractivity contribution in [1.29, 1.82) is 0 Å². The molecule has 0 atom stereocenters. The maximum Gasteiger partial charge on any atom is 0.116 e. The van der Waals surface area contributed by atoms with Crippen LogP contribution in [0.3, 0.4) is 0 Å². The number of hydrogen-bond acceptors (Lipinski definition) is 0. The number of hydrogen-bond donors (Lipinski definition) is 0. The summed E-state index contributed by atoms with van der Waals surface area (Å²) in [6, 6.07) is 0. The van der Waals surface area contributed by atoms with Crippen LogP contribution in [-0.2, 0) is 0 Å². The molecule has 0 fully saturated rings. The van der Waals surface area contributed by atoms with Crippen molar-refractivity contribution < 1.29 is 4.39 Å². The zero-order valence-corrected chi connectivity index (χ0v) is 6.52. The van der Waals surface area contributed by atoms with Crippen molar-refractivity contribution in [1.82, 2.24) is 0 Å². The van der Waals surface area contributed by atoms with Crippen LogP contribution >= 0.6 is 0 Å². The summed E-state index contributed by atoms with van der Waals surface area (Å²) in [5, 5.41) is 0. The maximum atomic E-state index is 12.2. The molecule has 0 aliphatic rings. The first-order valence-electron chi connectivity index (χ1n) is 3.38. The van der Waals surface area contributed by atoms with E-state index >= 15 is 0 Å². The highest BCUT2D eigenvalue weighted by Gasteiger charge is 1.87. The first-order valence-corrected chi connectivity index (χ1v) is 3.38. The molecule has 56 valence electrons. The molecule has 0 bridgehead atoms. The average Bonchev–Trinajstić information content (AvgIpc) is 1.86. The second-order valence-electron chi connectivity index (χ2n) is 2.02. The van der Waals surface area contributed by atoms with Crippen LogP contribution in [0.15, 0.2) is 36.2 Å². The molecule has 0 unspecified atom stereocenters. The fourth-order valence-corrected chi connectivity index (χ4v) is 0.683. The van der Waals surface area contributed by atoms with Crippen molar-refractivity contribution in [2.75, 3.05) is 0 Å². The van der Waals surface area contributed by atoms with Gasteiger partial charge in [-0.2, -0.15) is 0 Å². The van der Waals surface area contributed by atoms with E-state index in [2.05, 4.69) is 6.58 Å². The van der Waals surface area contributed by atoms with E-state index in [9.17, 15) is 4.39 Å². The molecule has 0 saturated carbocycles. The lowest BCUT2D eigenvalue weighted by Gasteiger charge is -1.93. The van der Waals surface area contributed by atoms with Gasteiger partial charge in [0.1, 0.15) is 5.83 Å². The summed E-state index contributed by atoms with van der Waals surface area (Å²) < 4.78 is 12.2. The Morgan fingerprint density at radius 1 is 1.60 bits per heavy atom. The third-order valence-electron chi connectivity index (χ3n) is 1.13. The largest absolute Gasteiger partial charge is 0.208 e. The Morgan fingerprint density at radius 2 is 2.20 bits per heavy atom. The Hall–Kier alpha value is -0.850. The van der Waals surface area contributed by atoms with Gasteiger partial charge in [-0.15, -0.1) is 0 Å². The van der Waals surface area contributed by atoms with E-state index in [-0.39, 0.29) is 5.83 Å². The van der Waals surface area contributed by atoms with E-state index in [1.54, 1.807) is 0 Å². The van der Waals surface area contributed by atoms with Crippen LogP contribution in [0.2, 0.25) is 0 Å². The van der Waals surface area contributed by atoms with Crippen LogP contribution in [0.1, 0.15) is 20.3 Å². The van der Waals surface area contributed by atoms with E-state index in [0.29, 0.717) is 0 Å². The van der Waals surface area contributed by atoms with Crippen LogP contribution in [-0.4, -0.2) is 0 Å². The lowest BCUT2D eigenvalue weighted by Crippen LogP contribution is -1.73. The molecule has 10 heavy (non-hydrogen) atoms. The number of allylic oxidation sites excluding steroid dienone is 5. The van der Waals surface area contributed by atoms with E-state index in [0.717, 1.165) is 12.0 Å². The number of rotatable bonds is 3. The third kappa shape index (κ3) is 4.07. The van der Waals surface area contributed by atoms with Gasteiger partial charge in [0, 0.05) is 0 Å². The van der Waals surface area contributed by atoms with Crippen LogP contribution in [0, 0.1) is 0 Å². The molecule has 0 aliphatic heterocycles. The molecule has 0 rings (SSSR count). The summed E-state index contributed by atoms with van der Waals surface area (Å²) in [5.41, 5.74) is 0.968. The summed E-state index contributed by atoms with van der Waals surface area (Å²) in [4.78, 5) is 0. The van der Waals surface area contributed by atoms with E-state index in [1.165, 1.54) is 6.08 Å². The molecule has 0 aromatic carbocycles. The Bertz CT molecular complexity index is 164. The minimum Gasteiger partial charge on any atom is -0.208 e. The standard InChI is InChI=1S/C9H13F/c1-4-6-9(5-2)7-8(3)10/h4,6-7H,3,5H2,1-2H3. The quantitative estimate of drug-likeness (QED) is 0.527. The summed E-state index contributed by atoms with van der Waals surface area (Å²) in [6.45, 7) is 7.04. The van der Waals surface area contributed by atoms with Gasteiger partial charge in [-0.25, -0.2) is 4.39 Å². The molecular weight excluding hydrogens is 127 g/mol. The lowest BCUT2D eigenvalue weighted by atomic mass is 10.2. The number of halogens is 1. The summed E-state index contributed by atoms with van der Waals surface area (Å²) in [7, 11) is 0. The highest BCUT2D eigenvalue weighted by Crippen LogP contribution is 2.06. The molecule has 0 aromatic rings. The Labute approximate surface area is 61.8 Å². The minimum atomic E-state index is -0.380. The zero-order valence-electron chi connectivity index (χ0n) is 6.52.